The lowest BCUT2D eigenvalue weighted by atomic mass is 10.1. The van der Waals surface area contributed by atoms with Crippen molar-refractivity contribution in [2.45, 2.75) is 20.8 Å². The van der Waals surface area contributed by atoms with Crippen LogP contribution in [0, 0.1) is 13.8 Å². The van der Waals surface area contributed by atoms with Crippen LogP contribution in [0.5, 0.6) is 5.75 Å². The Bertz CT molecular complexity index is 891. The van der Waals surface area contributed by atoms with E-state index in [-0.39, 0.29) is 0 Å². The van der Waals surface area contributed by atoms with Gasteiger partial charge in [-0.2, -0.15) is 4.98 Å². The van der Waals surface area contributed by atoms with E-state index in [1.807, 2.05) is 51.1 Å². The summed E-state index contributed by atoms with van der Waals surface area (Å²) in [7, 11) is 0. The number of para-hydroxylation sites is 2. The molecular weight excluding hydrogens is 348 g/mol. The maximum Gasteiger partial charge on any atom is 0.229 e. The maximum atomic E-state index is 6.36. The Hall–Kier alpha value is -2.79. The fraction of sp³-hybridized carbons (Fsp3) is 0.200. The van der Waals surface area contributed by atoms with Gasteiger partial charge in [0, 0.05) is 6.20 Å². The van der Waals surface area contributed by atoms with Crippen LogP contribution in [0.1, 0.15) is 18.1 Å². The third kappa shape index (κ3) is 4.24. The number of nitrogens with zero attached hydrogens (tertiary/aromatic N) is 2. The third-order valence-corrected chi connectivity index (χ3v) is 4.07. The summed E-state index contributed by atoms with van der Waals surface area (Å²) < 4.78 is 5.64. The van der Waals surface area contributed by atoms with E-state index in [4.69, 9.17) is 16.3 Å². The van der Waals surface area contributed by atoms with Gasteiger partial charge in [-0.25, -0.2) is 4.98 Å². The van der Waals surface area contributed by atoms with Crippen LogP contribution in [0.2, 0.25) is 5.02 Å². The summed E-state index contributed by atoms with van der Waals surface area (Å²) in [4.78, 5) is 8.81. The zero-order valence-electron chi connectivity index (χ0n) is 15.0. The molecule has 2 N–H and O–H groups in total. The molecule has 0 aliphatic rings. The fourth-order valence-electron chi connectivity index (χ4n) is 2.66. The second kappa shape index (κ2) is 8.06. The van der Waals surface area contributed by atoms with Gasteiger partial charge in [0.15, 0.2) is 0 Å². The third-order valence-electron chi connectivity index (χ3n) is 3.77. The van der Waals surface area contributed by atoms with E-state index in [2.05, 4.69) is 26.7 Å². The Labute approximate surface area is 158 Å². The van der Waals surface area contributed by atoms with Crippen LogP contribution in [0.15, 0.2) is 48.7 Å². The molecule has 1 aromatic heterocycles. The molecule has 0 aliphatic carbocycles. The van der Waals surface area contributed by atoms with Crippen molar-refractivity contribution < 1.29 is 4.74 Å². The zero-order chi connectivity index (χ0) is 18.5. The summed E-state index contributed by atoms with van der Waals surface area (Å²) in [5.41, 5.74) is 3.81. The van der Waals surface area contributed by atoms with Gasteiger partial charge < -0.3 is 15.4 Å². The summed E-state index contributed by atoms with van der Waals surface area (Å²) >= 11 is 6.36. The Morgan fingerprint density at radius 2 is 1.88 bits per heavy atom. The van der Waals surface area contributed by atoms with Gasteiger partial charge >= 0.3 is 0 Å². The minimum absolute atomic E-state index is 0.470. The average molecular weight is 369 g/mol. The van der Waals surface area contributed by atoms with Crippen molar-refractivity contribution in [1.82, 2.24) is 9.97 Å². The number of anilines is 4. The smallest absolute Gasteiger partial charge is 0.229 e. The molecular formula is C20H21ClN4O. The van der Waals surface area contributed by atoms with E-state index in [0.29, 0.717) is 23.4 Å². The number of benzene rings is 2. The molecule has 0 radical (unpaired) electrons. The Balaban J connectivity index is 1.84. The fourth-order valence-corrected chi connectivity index (χ4v) is 3.03. The van der Waals surface area contributed by atoms with Crippen LogP contribution in [0.25, 0.3) is 0 Å². The number of halogens is 1. The predicted molar refractivity (Wildman–Crippen MR) is 107 cm³/mol. The second-order valence-electron chi connectivity index (χ2n) is 5.88. The van der Waals surface area contributed by atoms with E-state index in [0.717, 1.165) is 28.3 Å². The quantitative estimate of drug-likeness (QED) is 0.590. The summed E-state index contributed by atoms with van der Waals surface area (Å²) in [6, 6.07) is 13.5. The number of ether oxygens (including phenoxy) is 1. The molecule has 6 heteroatoms. The van der Waals surface area contributed by atoms with Crippen LogP contribution in [-0.2, 0) is 0 Å². The largest absolute Gasteiger partial charge is 0.492 e. The van der Waals surface area contributed by atoms with Crippen molar-refractivity contribution in [2.24, 2.45) is 0 Å². The monoisotopic (exact) mass is 368 g/mol. The zero-order valence-corrected chi connectivity index (χ0v) is 15.8. The molecule has 0 unspecified atom stereocenters. The Morgan fingerprint density at radius 3 is 2.65 bits per heavy atom. The number of hydrogen-bond acceptors (Lipinski definition) is 5. The lowest BCUT2D eigenvalue weighted by Crippen LogP contribution is -2.03. The molecule has 0 saturated carbocycles. The minimum atomic E-state index is 0.470. The number of aryl methyl sites for hydroxylation is 2. The molecule has 0 atom stereocenters. The highest BCUT2D eigenvalue weighted by Crippen LogP contribution is 2.30. The molecule has 26 heavy (non-hydrogen) atoms. The first kappa shape index (κ1) is 18.0. The topological polar surface area (TPSA) is 59.1 Å². The van der Waals surface area contributed by atoms with Crippen LogP contribution >= 0.6 is 11.6 Å². The van der Waals surface area contributed by atoms with Crippen LogP contribution < -0.4 is 15.4 Å². The van der Waals surface area contributed by atoms with Gasteiger partial charge in [0.1, 0.15) is 11.6 Å². The SMILES string of the molecule is CCOc1ccccc1Nc1ccnc(Nc2c(C)cc(C)cc2Cl)n1. The standard InChI is InChI=1S/C20H21ClN4O/c1-4-26-17-8-6-5-7-16(17)23-18-9-10-22-20(24-18)25-19-14(3)11-13(2)12-15(19)21/h5-12H,4H2,1-3H3,(H2,22,23,24,25). The predicted octanol–water partition coefficient (Wildman–Crippen LogP) is 5.63. The average Bonchev–Trinajstić information content (AvgIpc) is 2.60. The van der Waals surface area contributed by atoms with E-state index >= 15 is 0 Å². The lowest BCUT2D eigenvalue weighted by molar-refractivity contribution is 0.342. The first-order valence-electron chi connectivity index (χ1n) is 8.42. The molecule has 0 amide bonds. The van der Waals surface area contributed by atoms with E-state index in [1.165, 1.54) is 0 Å². The van der Waals surface area contributed by atoms with Crippen molar-refractivity contribution in [1.29, 1.82) is 0 Å². The molecule has 134 valence electrons. The minimum Gasteiger partial charge on any atom is -0.492 e. The molecule has 0 fully saturated rings. The maximum absolute atomic E-state index is 6.36. The molecule has 0 saturated heterocycles. The molecule has 3 aromatic rings. The van der Waals surface area contributed by atoms with Gasteiger partial charge in [-0.15, -0.1) is 0 Å². The first-order chi connectivity index (χ1) is 12.6. The van der Waals surface area contributed by atoms with Gasteiger partial charge in [-0.05, 0) is 56.2 Å². The number of hydrogen-bond donors (Lipinski definition) is 2. The Kier molecular flexibility index (Phi) is 5.58. The van der Waals surface area contributed by atoms with Crippen molar-refractivity contribution in [3.05, 3.63) is 64.8 Å². The summed E-state index contributed by atoms with van der Waals surface area (Å²) in [6.07, 6.45) is 1.69. The number of aromatic nitrogens is 2. The lowest BCUT2D eigenvalue weighted by Gasteiger charge is -2.14. The van der Waals surface area contributed by atoms with E-state index < -0.39 is 0 Å². The van der Waals surface area contributed by atoms with Crippen molar-refractivity contribution in [2.75, 3.05) is 17.2 Å². The van der Waals surface area contributed by atoms with Crippen LogP contribution in [0.3, 0.4) is 0 Å². The number of rotatable bonds is 6. The highest BCUT2D eigenvalue weighted by Gasteiger charge is 2.09. The van der Waals surface area contributed by atoms with Gasteiger partial charge in [0.05, 0.1) is 23.0 Å². The first-order valence-corrected chi connectivity index (χ1v) is 8.80. The highest BCUT2D eigenvalue weighted by atomic mass is 35.5. The van der Waals surface area contributed by atoms with Crippen molar-refractivity contribution in [3.8, 4) is 5.75 Å². The van der Waals surface area contributed by atoms with Gasteiger partial charge in [0.25, 0.3) is 0 Å². The van der Waals surface area contributed by atoms with Crippen molar-refractivity contribution >= 4 is 34.7 Å². The molecule has 5 nitrogen and oxygen atoms in total. The van der Waals surface area contributed by atoms with Gasteiger partial charge in [-0.3, -0.25) is 0 Å². The summed E-state index contributed by atoms with van der Waals surface area (Å²) in [6.45, 7) is 6.57. The summed E-state index contributed by atoms with van der Waals surface area (Å²) in [5.74, 6) is 1.91. The molecule has 0 bridgehead atoms. The van der Waals surface area contributed by atoms with Gasteiger partial charge in [0.2, 0.25) is 5.95 Å². The molecule has 3 rings (SSSR count). The highest BCUT2D eigenvalue weighted by molar-refractivity contribution is 6.33. The second-order valence-corrected chi connectivity index (χ2v) is 6.29. The summed E-state index contributed by atoms with van der Waals surface area (Å²) in [5, 5.41) is 7.13. The molecule has 2 aromatic carbocycles. The van der Waals surface area contributed by atoms with Crippen LogP contribution in [0.4, 0.5) is 23.1 Å². The molecule has 0 aliphatic heterocycles. The Morgan fingerprint density at radius 1 is 1.08 bits per heavy atom. The van der Waals surface area contributed by atoms with Crippen LogP contribution in [-0.4, -0.2) is 16.6 Å². The normalized spacial score (nSPS) is 10.5. The molecule has 1 heterocycles. The van der Waals surface area contributed by atoms with E-state index in [1.54, 1.807) is 12.3 Å². The number of nitrogens with one attached hydrogen (secondary N) is 2. The van der Waals surface area contributed by atoms with E-state index in [9.17, 15) is 0 Å². The van der Waals surface area contributed by atoms with Crippen molar-refractivity contribution in [3.63, 3.8) is 0 Å². The molecule has 0 spiro atoms. The van der Waals surface area contributed by atoms with Gasteiger partial charge in [-0.1, -0.05) is 29.8 Å².